The van der Waals surface area contributed by atoms with Gasteiger partial charge >= 0.3 is 0 Å². The Hall–Kier alpha value is -2.40. The van der Waals surface area contributed by atoms with E-state index in [0.29, 0.717) is 13.0 Å². The molecule has 1 saturated heterocycles. The third kappa shape index (κ3) is 3.58. The molecule has 0 radical (unpaired) electrons. The van der Waals surface area contributed by atoms with Crippen LogP contribution < -0.4 is 5.32 Å². The van der Waals surface area contributed by atoms with E-state index in [-0.39, 0.29) is 22.5 Å². The summed E-state index contributed by atoms with van der Waals surface area (Å²) in [5.74, 6) is -2.64. The van der Waals surface area contributed by atoms with Crippen LogP contribution in [0.3, 0.4) is 0 Å². The van der Waals surface area contributed by atoms with Crippen LogP contribution in [-0.4, -0.2) is 30.3 Å². The minimum Gasteiger partial charge on any atom is -0.345 e. The zero-order chi connectivity index (χ0) is 18.8. The zero-order valence-electron chi connectivity index (χ0n) is 14.6. The highest BCUT2D eigenvalue weighted by Crippen LogP contribution is 2.35. The van der Waals surface area contributed by atoms with E-state index < -0.39 is 17.6 Å². The molecule has 2 amide bonds. The third-order valence-corrected chi connectivity index (χ3v) is 5.11. The molecule has 3 rings (SSSR count). The average Bonchev–Trinajstić information content (AvgIpc) is 2.62. The van der Waals surface area contributed by atoms with E-state index in [0.717, 1.165) is 11.1 Å². The van der Waals surface area contributed by atoms with Crippen molar-refractivity contribution in [2.45, 2.75) is 19.3 Å². The molecule has 1 N–H and O–H groups in total. The SMILES string of the molecule is Cc1ccc([C@H]2CCN(C)C(=O)[C@@H]2C(=O)Nc2cccc(Cl)c2F)cc1. The number of hydrogen-bond donors (Lipinski definition) is 1. The monoisotopic (exact) mass is 374 g/mol. The van der Waals surface area contributed by atoms with Crippen molar-refractivity contribution in [1.82, 2.24) is 4.90 Å². The number of anilines is 1. The van der Waals surface area contributed by atoms with Crippen LogP contribution in [0.1, 0.15) is 23.5 Å². The van der Waals surface area contributed by atoms with Crippen molar-refractivity contribution < 1.29 is 14.0 Å². The largest absolute Gasteiger partial charge is 0.345 e. The summed E-state index contributed by atoms with van der Waals surface area (Å²) in [5, 5.41) is 2.46. The zero-order valence-corrected chi connectivity index (χ0v) is 15.4. The molecule has 4 nitrogen and oxygen atoms in total. The second-order valence-corrected chi connectivity index (χ2v) is 7.04. The van der Waals surface area contributed by atoms with Crippen molar-refractivity contribution in [3.8, 4) is 0 Å². The fraction of sp³-hybridized carbons (Fsp3) is 0.300. The first-order valence-electron chi connectivity index (χ1n) is 8.45. The first kappa shape index (κ1) is 18.4. The lowest BCUT2D eigenvalue weighted by Crippen LogP contribution is -2.47. The topological polar surface area (TPSA) is 49.4 Å². The number of halogens is 2. The van der Waals surface area contributed by atoms with Crippen molar-refractivity contribution in [3.05, 3.63) is 64.4 Å². The maximum Gasteiger partial charge on any atom is 0.237 e. The molecule has 2 atom stereocenters. The lowest BCUT2D eigenvalue weighted by atomic mass is 9.79. The van der Waals surface area contributed by atoms with E-state index in [9.17, 15) is 14.0 Å². The standard InChI is InChI=1S/C20H20ClFN2O2/c1-12-6-8-13(9-7-12)14-10-11-24(2)20(26)17(14)19(25)23-16-5-3-4-15(21)18(16)22/h3-9,14,17H,10-11H2,1-2H3,(H,23,25)/t14-,17+/m1/s1. The van der Waals surface area contributed by atoms with Crippen LogP contribution in [0.15, 0.2) is 42.5 Å². The van der Waals surface area contributed by atoms with E-state index in [1.54, 1.807) is 18.0 Å². The summed E-state index contributed by atoms with van der Waals surface area (Å²) in [6.07, 6.45) is 0.668. The Morgan fingerprint density at radius 1 is 1.23 bits per heavy atom. The highest BCUT2D eigenvalue weighted by atomic mass is 35.5. The molecule has 1 fully saturated rings. The number of nitrogens with zero attached hydrogens (tertiary/aromatic N) is 1. The van der Waals surface area contributed by atoms with Gasteiger partial charge in [-0.05, 0) is 31.0 Å². The van der Waals surface area contributed by atoms with Crippen LogP contribution in [0, 0.1) is 18.7 Å². The molecule has 26 heavy (non-hydrogen) atoms. The van der Waals surface area contributed by atoms with Crippen molar-refractivity contribution >= 4 is 29.1 Å². The number of hydrogen-bond acceptors (Lipinski definition) is 2. The molecule has 2 aromatic carbocycles. The summed E-state index contributed by atoms with van der Waals surface area (Å²) in [5.41, 5.74) is 2.02. The van der Waals surface area contributed by atoms with E-state index in [2.05, 4.69) is 5.32 Å². The summed E-state index contributed by atoms with van der Waals surface area (Å²) in [4.78, 5) is 27.1. The quantitative estimate of drug-likeness (QED) is 0.826. The molecule has 1 aliphatic rings. The van der Waals surface area contributed by atoms with Gasteiger partial charge in [-0.15, -0.1) is 0 Å². The Labute approximate surface area is 157 Å². The molecule has 0 aliphatic carbocycles. The predicted molar refractivity (Wildman–Crippen MR) is 99.7 cm³/mol. The Morgan fingerprint density at radius 3 is 2.62 bits per heavy atom. The summed E-state index contributed by atoms with van der Waals surface area (Å²) >= 11 is 5.77. The summed E-state index contributed by atoms with van der Waals surface area (Å²) in [6, 6.07) is 12.2. The van der Waals surface area contributed by atoms with Gasteiger partial charge in [0.2, 0.25) is 11.8 Å². The van der Waals surface area contributed by atoms with Gasteiger partial charge in [-0.25, -0.2) is 4.39 Å². The van der Waals surface area contributed by atoms with Crippen LogP contribution in [-0.2, 0) is 9.59 Å². The number of carbonyl (C=O) groups is 2. The molecule has 0 unspecified atom stereocenters. The van der Waals surface area contributed by atoms with E-state index >= 15 is 0 Å². The van der Waals surface area contributed by atoms with Crippen molar-refractivity contribution in [3.63, 3.8) is 0 Å². The molecule has 0 aromatic heterocycles. The molecule has 6 heteroatoms. The second kappa shape index (κ2) is 7.46. The Morgan fingerprint density at radius 2 is 1.92 bits per heavy atom. The van der Waals surface area contributed by atoms with E-state index in [1.165, 1.54) is 12.1 Å². The second-order valence-electron chi connectivity index (χ2n) is 6.63. The van der Waals surface area contributed by atoms with Crippen LogP contribution in [0.25, 0.3) is 0 Å². The summed E-state index contributed by atoms with van der Waals surface area (Å²) < 4.78 is 14.1. The van der Waals surface area contributed by atoms with Crippen LogP contribution in [0.5, 0.6) is 0 Å². The molecule has 0 spiro atoms. The Balaban J connectivity index is 1.91. The summed E-state index contributed by atoms with van der Waals surface area (Å²) in [7, 11) is 1.67. The van der Waals surface area contributed by atoms with Gasteiger partial charge in [-0.2, -0.15) is 0 Å². The maximum absolute atomic E-state index is 14.1. The van der Waals surface area contributed by atoms with Gasteiger partial charge in [-0.1, -0.05) is 47.5 Å². The first-order chi connectivity index (χ1) is 12.4. The van der Waals surface area contributed by atoms with Crippen LogP contribution in [0.2, 0.25) is 5.02 Å². The van der Waals surface area contributed by atoms with Crippen LogP contribution >= 0.6 is 11.6 Å². The highest BCUT2D eigenvalue weighted by molar-refractivity contribution is 6.31. The Bertz CT molecular complexity index is 838. The first-order valence-corrected chi connectivity index (χ1v) is 8.82. The van der Waals surface area contributed by atoms with Gasteiger partial charge in [0.25, 0.3) is 0 Å². The lowest BCUT2D eigenvalue weighted by Gasteiger charge is -2.35. The number of likely N-dealkylation sites (tertiary alicyclic amines) is 1. The predicted octanol–water partition coefficient (Wildman–Crippen LogP) is 3.99. The Kier molecular flexibility index (Phi) is 5.28. The number of piperidine rings is 1. The molecule has 136 valence electrons. The number of amides is 2. The van der Waals surface area contributed by atoms with Crippen molar-refractivity contribution in [1.29, 1.82) is 0 Å². The molecule has 0 saturated carbocycles. The van der Waals surface area contributed by atoms with Crippen molar-refractivity contribution in [2.24, 2.45) is 5.92 Å². The van der Waals surface area contributed by atoms with Gasteiger partial charge in [0, 0.05) is 19.5 Å². The fourth-order valence-electron chi connectivity index (χ4n) is 3.30. The molecule has 0 bridgehead atoms. The normalized spacial score (nSPS) is 20.2. The van der Waals surface area contributed by atoms with Crippen LogP contribution in [0.4, 0.5) is 10.1 Å². The number of aryl methyl sites for hydroxylation is 1. The maximum atomic E-state index is 14.1. The molecule has 1 heterocycles. The fourth-order valence-corrected chi connectivity index (χ4v) is 3.47. The van der Waals surface area contributed by atoms with Crippen molar-refractivity contribution in [2.75, 3.05) is 18.9 Å². The molecular weight excluding hydrogens is 355 g/mol. The van der Waals surface area contributed by atoms with E-state index in [1.807, 2.05) is 31.2 Å². The number of benzene rings is 2. The lowest BCUT2D eigenvalue weighted by molar-refractivity contribution is -0.143. The smallest absolute Gasteiger partial charge is 0.237 e. The molecule has 1 aliphatic heterocycles. The van der Waals surface area contributed by atoms with Gasteiger partial charge in [0.1, 0.15) is 5.92 Å². The van der Waals surface area contributed by atoms with Gasteiger partial charge < -0.3 is 10.2 Å². The van der Waals surface area contributed by atoms with Gasteiger partial charge in [0.05, 0.1) is 10.7 Å². The summed E-state index contributed by atoms with van der Waals surface area (Å²) in [6.45, 7) is 2.56. The third-order valence-electron chi connectivity index (χ3n) is 4.82. The highest BCUT2D eigenvalue weighted by Gasteiger charge is 2.41. The average molecular weight is 375 g/mol. The minimum absolute atomic E-state index is 0.0221. The molecular formula is C20H20ClFN2O2. The minimum atomic E-state index is -0.908. The van der Waals surface area contributed by atoms with Gasteiger partial charge in [-0.3, -0.25) is 9.59 Å². The van der Waals surface area contributed by atoms with E-state index in [4.69, 9.17) is 11.6 Å². The number of carbonyl (C=O) groups excluding carboxylic acids is 2. The number of rotatable bonds is 3. The molecule has 2 aromatic rings. The number of nitrogens with one attached hydrogen (secondary N) is 1. The van der Waals surface area contributed by atoms with Gasteiger partial charge in [0.15, 0.2) is 5.82 Å².